The van der Waals surface area contributed by atoms with Crippen LogP contribution >= 0.6 is 0 Å². The second kappa shape index (κ2) is 7.16. The van der Waals surface area contributed by atoms with Gasteiger partial charge in [-0.15, -0.1) is 0 Å². The second-order valence-electron chi connectivity index (χ2n) is 6.84. The highest BCUT2D eigenvalue weighted by atomic mass is 16.5. The highest BCUT2D eigenvalue weighted by Crippen LogP contribution is 2.39. The van der Waals surface area contributed by atoms with E-state index in [0.29, 0.717) is 24.5 Å². The predicted octanol–water partition coefficient (Wildman–Crippen LogP) is 4.56. The number of aromatic nitrogens is 1. The molecule has 2 aromatic carbocycles. The minimum atomic E-state index is 0.591. The molecule has 4 rings (SSSR count). The van der Waals surface area contributed by atoms with Crippen LogP contribution in [0.2, 0.25) is 0 Å². The minimum absolute atomic E-state index is 0.591. The molecule has 0 bridgehead atoms. The van der Waals surface area contributed by atoms with Crippen molar-refractivity contribution in [1.82, 2.24) is 4.57 Å². The number of benzene rings is 2. The van der Waals surface area contributed by atoms with Gasteiger partial charge in [0.05, 0.1) is 23.4 Å². The summed E-state index contributed by atoms with van der Waals surface area (Å²) >= 11 is 0. The Balaban J connectivity index is 1.90. The van der Waals surface area contributed by atoms with Crippen molar-refractivity contribution in [2.75, 3.05) is 11.9 Å². The summed E-state index contributed by atoms with van der Waals surface area (Å²) in [6.45, 7) is 3.46. The second-order valence-corrected chi connectivity index (χ2v) is 6.84. The summed E-state index contributed by atoms with van der Waals surface area (Å²) in [7, 11) is 0. The summed E-state index contributed by atoms with van der Waals surface area (Å²) in [4.78, 5) is 10.6. The van der Waals surface area contributed by atoms with Crippen LogP contribution in [0, 0.1) is 17.2 Å². The monoisotopic (exact) mass is 359 g/mol. The highest BCUT2D eigenvalue weighted by Gasteiger charge is 2.26. The molecule has 3 aromatic rings. The lowest BCUT2D eigenvalue weighted by Gasteiger charge is -2.11. The van der Waals surface area contributed by atoms with E-state index in [9.17, 15) is 10.1 Å². The molecule has 1 saturated carbocycles. The zero-order chi connectivity index (χ0) is 18.8. The normalized spacial score (nSPS) is 13.3. The molecule has 1 amide bonds. The van der Waals surface area contributed by atoms with Gasteiger partial charge in [0.2, 0.25) is 6.41 Å². The molecule has 0 atom stereocenters. The van der Waals surface area contributed by atoms with Crippen molar-refractivity contribution in [1.29, 1.82) is 5.26 Å². The first-order valence-corrected chi connectivity index (χ1v) is 9.25. The summed E-state index contributed by atoms with van der Waals surface area (Å²) in [6, 6.07) is 16.0. The van der Waals surface area contributed by atoms with Crippen LogP contribution in [-0.2, 0) is 11.3 Å². The van der Waals surface area contributed by atoms with Crippen LogP contribution in [0.15, 0.2) is 42.5 Å². The number of rotatable bonds is 7. The van der Waals surface area contributed by atoms with Crippen molar-refractivity contribution in [3.05, 3.63) is 48.0 Å². The summed E-state index contributed by atoms with van der Waals surface area (Å²) in [5.74, 6) is 1.45. The first-order chi connectivity index (χ1) is 13.2. The van der Waals surface area contributed by atoms with E-state index in [2.05, 4.69) is 22.0 Å². The number of fused-ring (bicyclic) bond motifs is 1. The molecule has 5 heteroatoms. The first kappa shape index (κ1) is 17.2. The van der Waals surface area contributed by atoms with Crippen molar-refractivity contribution in [2.45, 2.75) is 26.3 Å². The Labute approximate surface area is 158 Å². The number of carbonyl (C=O) groups is 1. The SMILES string of the molecule is CCOc1ccc2c(c1)c(C#N)c(-c1ccc(NC=O)cc1)n2CC1CC1. The van der Waals surface area contributed by atoms with Gasteiger partial charge in [-0.2, -0.15) is 5.26 Å². The lowest BCUT2D eigenvalue weighted by Crippen LogP contribution is -2.02. The van der Waals surface area contributed by atoms with E-state index in [1.807, 2.05) is 43.3 Å². The van der Waals surface area contributed by atoms with Gasteiger partial charge in [0.25, 0.3) is 0 Å². The van der Waals surface area contributed by atoms with Crippen molar-refractivity contribution >= 4 is 23.0 Å². The largest absolute Gasteiger partial charge is 0.494 e. The maximum atomic E-state index is 10.6. The van der Waals surface area contributed by atoms with Gasteiger partial charge in [-0.05, 0) is 61.6 Å². The Hall–Kier alpha value is -3.26. The number of amides is 1. The van der Waals surface area contributed by atoms with Crippen molar-refractivity contribution in [3.8, 4) is 23.1 Å². The van der Waals surface area contributed by atoms with Gasteiger partial charge in [-0.3, -0.25) is 4.79 Å². The topological polar surface area (TPSA) is 67.0 Å². The van der Waals surface area contributed by atoms with Gasteiger partial charge in [-0.25, -0.2) is 0 Å². The number of anilines is 1. The van der Waals surface area contributed by atoms with E-state index in [-0.39, 0.29) is 0 Å². The van der Waals surface area contributed by atoms with Gasteiger partial charge in [0, 0.05) is 17.6 Å². The number of hydrogen-bond donors (Lipinski definition) is 1. The Morgan fingerprint density at radius 3 is 2.67 bits per heavy atom. The van der Waals surface area contributed by atoms with Gasteiger partial charge >= 0.3 is 0 Å². The number of hydrogen-bond acceptors (Lipinski definition) is 3. The standard InChI is InChI=1S/C22H21N3O2/c1-2-27-18-9-10-21-19(11-18)20(12-23)22(25(21)13-15-3-4-15)16-5-7-17(8-6-16)24-14-26/h5-11,14-15H,2-4,13H2,1H3,(H,24,26). The van der Waals surface area contributed by atoms with Crippen LogP contribution < -0.4 is 10.1 Å². The number of nitrogens with zero attached hydrogens (tertiary/aromatic N) is 2. The predicted molar refractivity (Wildman–Crippen MR) is 106 cm³/mol. The molecule has 1 N–H and O–H groups in total. The Morgan fingerprint density at radius 1 is 1.26 bits per heavy atom. The molecule has 1 fully saturated rings. The van der Waals surface area contributed by atoms with Crippen LogP contribution in [-0.4, -0.2) is 17.6 Å². The fourth-order valence-electron chi connectivity index (χ4n) is 3.54. The molecule has 1 aliphatic rings. The molecule has 1 aromatic heterocycles. The summed E-state index contributed by atoms with van der Waals surface area (Å²) < 4.78 is 7.91. The molecular formula is C22H21N3O2. The molecule has 136 valence electrons. The Bertz CT molecular complexity index is 1020. The molecular weight excluding hydrogens is 338 g/mol. The van der Waals surface area contributed by atoms with Crippen molar-refractivity contribution in [3.63, 3.8) is 0 Å². The number of nitrogens with one attached hydrogen (secondary N) is 1. The summed E-state index contributed by atoms with van der Waals surface area (Å²) in [5.41, 5.74) is 4.37. The fraction of sp³-hybridized carbons (Fsp3) is 0.273. The minimum Gasteiger partial charge on any atom is -0.494 e. The van der Waals surface area contributed by atoms with E-state index >= 15 is 0 Å². The molecule has 0 aliphatic heterocycles. The molecule has 27 heavy (non-hydrogen) atoms. The van der Waals surface area contributed by atoms with Crippen LogP contribution in [0.25, 0.3) is 22.2 Å². The zero-order valence-corrected chi connectivity index (χ0v) is 15.2. The van der Waals surface area contributed by atoms with E-state index in [1.54, 1.807) is 0 Å². The van der Waals surface area contributed by atoms with Crippen LogP contribution in [0.4, 0.5) is 5.69 Å². The number of ether oxygens (including phenoxy) is 1. The van der Waals surface area contributed by atoms with Gasteiger partial charge in [0.1, 0.15) is 11.8 Å². The average molecular weight is 359 g/mol. The van der Waals surface area contributed by atoms with E-state index in [1.165, 1.54) is 12.8 Å². The third-order valence-corrected chi connectivity index (χ3v) is 4.98. The molecule has 0 spiro atoms. The van der Waals surface area contributed by atoms with Gasteiger partial charge < -0.3 is 14.6 Å². The molecule has 0 saturated heterocycles. The lowest BCUT2D eigenvalue weighted by atomic mass is 10.1. The lowest BCUT2D eigenvalue weighted by molar-refractivity contribution is -0.105. The highest BCUT2D eigenvalue weighted by molar-refractivity contribution is 5.95. The average Bonchev–Trinajstić information content (AvgIpc) is 3.45. The first-order valence-electron chi connectivity index (χ1n) is 9.25. The zero-order valence-electron chi connectivity index (χ0n) is 15.2. The van der Waals surface area contributed by atoms with Crippen LogP contribution in [0.1, 0.15) is 25.3 Å². The van der Waals surface area contributed by atoms with Crippen LogP contribution in [0.5, 0.6) is 5.75 Å². The summed E-state index contributed by atoms with van der Waals surface area (Å²) in [5, 5.41) is 13.5. The Morgan fingerprint density at radius 2 is 2.04 bits per heavy atom. The van der Waals surface area contributed by atoms with Crippen LogP contribution in [0.3, 0.4) is 0 Å². The quantitative estimate of drug-likeness (QED) is 0.629. The van der Waals surface area contributed by atoms with E-state index in [0.717, 1.165) is 40.1 Å². The molecule has 0 unspecified atom stereocenters. The number of nitriles is 1. The molecule has 5 nitrogen and oxygen atoms in total. The summed E-state index contributed by atoms with van der Waals surface area (Å²) in [6.07, 6.45) is 3.13. The third-order valence-electron chi connectivity index (χ3n) is 4.98. The van der Waals surface area contributed by atoms with Crippen molar-refractivity contribution in [2.24, 2.45) is 5.92 Å². The van der Waals surface area contributed by atoms with E-state index < -0.39 is 0 Å². The fourth-order valence-corrected chi connectivity index (χ4v) is 3.54. The maximum Gasteiger partial charge on any atom is 0.211 e. The van der Waals surface area contributed by atoms with Crippen molar-refractivity contribution < 1.29 is 9.53 Å². The third kappa shape index (κ3) is 3.26. The van der Waals surface area contributed by atoms with Gasteiger partial charge in [0.15, 0.2) is 0 Å². The molecule has 1 aliphatic carbocycles. The van der Waals surface area contributed by atoms with E-state index in [4.69, 9.17) is 4.74 Å². The van der Waals surface area contributed by atoms with Gasteiger partial charge in [-0.1, -0.05) is 12.1 Å². The smallest absolute Gasteiger partial charge is 0.211 e. The molecule has 0 radical (unpaired) electrons. The maximum absolute atomic E-state index is 10.6. The Kier molecular flexibility index (Phi) is 4.55. The number of carbonyl (C=O) groups excluding carboxylic acids is 1. The molecule has 1 heterocycles.